The smallest absolute Gasteiger partial charge is 0.239 e. The van der Waals surface area contributed by atoms with Gasteiger partial charge < -0.3 is 49.3 Å². The van der Waals surface area contributed by atoms with Gasteiger partial charge in [0.25, 0.3) is 0 Å². The van der Waals surface area contributed by atoms with Crippen molar-refractivity contribution in [3.05, 3.63) is 40.6 Å². The van der Waals surface area contributed by atoms with Crippen LogP contribution >= 0.6 is 0 Å². The van der Waals surface area contributed by atoms with E-state index >= 15 is 0 Å². The molecule has 0 radical (unpaired) electrons. The Hall–Kier alpha value is -3.51. The highest BCUT2D eigenvalue weighted by Crippen LogP contribution is 2.39. The molecule has 1 fully saturated rings. The summed E-state index contributed by atoms with van der Waals surface area (Å²) >= 11 is 0. The summed E-state index contributed by atoms with van der Waals surface area (Å²) < 4.78 is 21.5. The molecule has 0 aliphatic carbocycles. The summed E-state index contributed by atoms with van der Waals surface area (Å²) in [7, 11) is 1.23. The van der Waals surface area contributed by atoms with Gasteiger partial charge in [-0.3, -0.25) is 4.79 Å². The van der Waals surface area contributed by atoms with E-state index in [1.807, 2.05) is 0 Å². The fourth-order valence-electron chi connectivity index (χ4n) is 3.40. The largest absolute Gasteiger partial charge is 0.508 e. The van der Waals surface area contributed by atoms with Crippen LogP contribution in [0, 0.1) is 0 Å². The van der Waals surface area contributed by atoms with Gasteiger partial charge in [0.2, 0.25) is 17.5 Å². The zero-order valence-electron chi connectivity index (χ0n) is 16.6. The number of ether oxygens (including phenoxy) is 3. The first-order valence-electron chi connectivity index (χ1n) is 9.44. The number of methoxy groups -OCH3 is 1. The first kappa shape index (κ1) is 21.7. The summed E-state index contributed by atoms with van der Waals surface area (Å²) in [5.74, 6) is -1.67. The number of rotatable bonds is 4. The van der Waals surface area contributed by atoms with Gasteiger partial charge >= 0.3 is 0 Å². The van der Waals surface area contributed by atoms with Crippen LogP contribution in [-0.2, 0) is 4.74 Å². The Morgan fingerprint density at radius 2 is 1.75 bits per heavy atom. The lowest BCUT2D eigenvalue weighted by Crippen LogP contribution is -2.54. The molecule has 11 heteroatoms. The fourth-order valence-corrected chi connectivity index (χ4v) is 3.40. The first-order chi connectivity index (χ1) is 15.2. The molecule has 2 aromatic carbocycles. The third-order valence-electron chi connectivity index (χ3n) is 5.04. The van der Waals surface area contributed by atoms with Crippen molar-refractivity contribution in [2.24, 2.45) is 0 Å². The molecule has 0 amide bonds. The maximum atomic E-state index is 12.9. The first-order valence-corrected chi connectivity index (χ1v) is 9.44. The van der Waals surface area contributed by atoms with E-state index in [2.05, 4.69) is 0 Å². The molecule has 170 valence electrons. The molecule has 2 heterocycles. The summed E-state index contributed by atoms with van der Waals surface area (Å²) in [6.07, 6.45) is -5.80. The summed E-state index contributed by atoms with van der Waals surface area (Å²) in [4.78, 5) is 12.9. The quantitative estimate of drug-likeness (QED) is 0.325. The lowest BCUT2D eigenvalue weighted by atomic mass is 10.1. The SMILES string of the molecule is COc1c(-c2ccc(O)c(O[C@H]3OC[C@@H](O)[C@H](O)[C@H]3O)c2)oc2cc(O)cc(O)c2c1=O. The van der Waals surface area contributed by atoms with Crippen LogP contribution in [0.15, 0.2) is 39.5 Å². The van der Waals surface area contributed by atoms with Gasteiger partial charge in [0.1, 0.15) is 40.8 Å². The van der Waals surface area contributed by atoms with Crippen molar-refractivity contribution in [3.8, 4) is 40.1 Å². The third-order valence-corrected chi connectivity index (χ3v) is 5.04. The van der Waals surface area contributed by atoms with Crippen LogP contribution in [0.25, 0.3) is 22.3 Å². The van der Waals surface area contributed by atoms with Gasteiger partial charge in [0.15, 0.2) is 17.3 Å². The van der Waals surface area contributed by atoms with E-state index < -0.39 is 35.8 Å². The zero-order chi connectivity index (χ0) is 23.2. The number of hydrogen-bond acceptors (Lipinski definition) is 11. The molecule has 4 atom stereocenters. The standard InChI is InChI=1S/C21H20O11/c1-29-20-17(27)15-11(24)5-9(22)6-14(15)31-19(20)8-2-3-10(23)13(4-8)32-21-18(28)16(26)12(25)7-30-21/h2-6,12,16,18,21-26,28H,7H2,1H3/t12-,16+,18-,21-/m1/s1. The molecule has 6 N–H and O–H groups in total. The van der Waals surface area contributed by atoms with Gasteiger partial charge in [0, 0.05) is 17.7 Å². The molecule has 0 saturated carbocycles. The predicted molar refractivity (Wildman–Crippen MR) is 108 cm³/mol. The van der Waals surface area contributed by atoms with Crippen LogP contribution in [0.5, 0.6) is 28.7 Å². The van der Waals surface area contributed by atoms with Crippen LogP contribution in [-0.4, -0.2) is 69.0 Å². The normalized spacial score (nSPS) is 23.2. The van der Waals surface area contributed by atoms with Crippen molar-refractivity contribution in [1.82, 2.24) is 0 Å². The van der Waals surface area contributed by atoms with Gasteiger partial charge in [0.05, 0.1) is 13.7 Å². The van der Waals surface area contributed by atoms with E-state index in [0.717, 1.165) is 12.1 Å². The topological polar surface area (TPSA) is 179 Å². The Bertz CT molecular complexity index is 1220. The number of aromatic hydroxyl groups is 3. The van der Waals surface area contributed by atoms with Crippen LogP contribution in [0.2, 0.25) is 0 Å². The molecule has 0 unspecified atom stereocenters. The van der Waals surface area contributed by atoms with Crippen LogP contribution < -0.4 is 14.9 Å². The number of phenols is 3. The summed E-state index contributed by atoms with van der Waals surface area (Å²) in [6, 6.07) is 6.04. The lowest BCUT2D eigenvalue weighted by molar-refractivity contribution is -0.242. The van der Waals surface area contributed by atoms with E-state index in [4.69, 9.17) is 18.6 Å². The Morgan fingerprint density at radius 3 is 2.47 bits per heavy atom. The number of phenolic OH excluding ortho intramolecular Hbond substituents is 3. The highest BCUT2D eigenvalue weighted by Gasteiger charge is 2.39. The van der Waals surface area contributed by atoms with Crippen molar-refractivity contribution >= 4 is 11.0 Å². The minimum atomic E-state index is -1.60. The maximum Gasteiger partial charge on any atom is 0.239 e. The summed E-state index contributed by atoms with van der Waals surface area (Å²) in [6.45, 7) is -0.302. The lowest BCUT2D eigenvalue weighted by Gasteiger charge is -2.35. The second-order valence-electron chi connectivity index (χ2n) is 7.18. The van der Waals surface area contributed by atoms with Gasteiger partial charge in [-0.15, -0.1) is 0 Å². The van der Waals surface area contributed by atoms with Crippen molar-refractivity contribution in [3.63, 3.8) is 0 Å². The fraction of sp³-hybridized carbons (Fsp3) is 0.286. The van der Waals surface area contributed by atoms with E-state index in [-0.39, 0.29) is 51.9 Å². The zero-order valence-corrected chi connectivity index (χ0v) is 16.6. The molecular formula is C21H20O11. The Kier molecular flexibility index (Phi) is 5.57. The van der Waals surface area contributed by atoms with Crippen LogP contribution in [0.4, 0.5) is 0 Å². The second kappa shape index (κ2) is 8.20. The van der Waals surface area contributed by atoms with Crippen LogP contribution in [0.3, 0.4) is 0 Å². The van der Waals surface area contributed by atoms with Gasteiger partial charge in [-0.25, -0.2) is 0 Å². The minimum Gasteiger partial charge on any atom is -0.508 e. The molecule has 3 aromatic rings. The van der Waals surface area contributed by atoms with Crippen molar-refractivity contribution in [2.45, 2.75) is 24.6 Å². The number of aliphatic hydroxyl groups excluding tert-OH is 3. The molecule has 32 heavy (non-hydrogen) atoms. The van der Waals surface area contributed by atoms with Crippen molar-refractivity contribution < 1.29 is 49.3 Å². The van der Waals surface area contributed by atoms with E-state index in [1.54, 1.807) is 0 Å². The average molecular weight is 448 g/mol. The highest BCUT2D eigenvalue weighted by atomic mass is 16.7. The average Bonchev–Trinajstić information content (AvgIpc) is 2.74. The number of aliphatic hydroxyl groups is 3. The maximum absolute atomic E-state index is 12.9. The van der Waals surface area contributed by atoms with E-state index in [0.29, 0.717) is 0 Å². The molecule has 11 nitrogen and oxygen atoms in total. The molecule has 1 aromatic heterocycles. The summed E-state index contributed by atoms with van der Waals surface area (Å²) in [5, 5.41) is 59.2. The van der Waals surface area contributed by atoms with Crippen molar-refractivity contribution in [1.29, 1.82) is 0 Å². The highest BCUT2D eigenvalue weighted by molar-refractivity contribution is 5.88. The third kappa shape index (κ3) is 3.67. The molecule has 1 saturated heterocycles. The molecule has 1 aliphatic heterocycles. The monoisotopic (exact) mass is 448 g/mol. The summed E-state index contributed by atoms with van der Waals surface area (Å²) in [5.41, 5.74) is -0.593. The Morgan fingerprint density at radius 1 is 1.00 bits per heavy atom. The van der Waals surface area contributed by atoms with Crippen LogP contribution in [0.1, 0.15) is 0 Å². The van der Waals surface area contributed by atoms with E-state index in [1.165, 1.54) is 25.3 Å². The number of hydrogen-bond donors (Lipinski definition) is 6. The molecular weight excluding hydrogens is 428 g/mol. The number of fused-ring (bicyclic) bond motifs is 1. The Balaban J connectivity index is 1.79. The minimum absolute atomic E-state index is 0.0829. The predicted octanol–water partition coefficient (Wildman–Crippen LogP) is 0.403. The van der Waals surface area contributed by atoms with Gasteiger partial charge in [-0.05, 0) is 18.2 Å². The van der Waals surface area contributed by atoms with Crippen molar-refractivity contribution in [2.75, 3.05) is 13.7 Å². The molecule has 0 spiro atoms. The Labute approximate surface area is 179 Å². The molecule has 4 rings (SSSR count). The number of benzene rings is 2. The van der Waals surface area contributed by atoms with Gasteiger partial charge in [-0.2, -0.15) is 0 Å². The molecule has 0 bridgehead atoms. The molecule has 1 aliphatic rings. The van der Waals surface area contributed by atoms with E-state index in [9.17, 15) is 35.4 Å². The second-order valence-corrected chi connectivity index (χ2v) is 7.18. The van der Waals surface area contributed by atoms with Gasteiger partial charge in [-0.1, -0.05) is 0 Å².